The van der Waals surface area contributed by atoms with Gasteiger partial charge in [0.2, 0.25) is 0 Å². The third kappa shape index (κ3) is 5.68. The molecule has 2 aromatic carbocycles. The summed E-state index contributed by atoms with van der Waals surface area (Å²) in [5.41, 5.74) is 2.41. The molecule has 0 heterocycles. The van der Waals surface area contributed by atoms with Gasteiger partial charge in [0.05, 0.1) is 0 Å². The van der Waals surface area contributed by atoms with Gasteiger partial charge < -0.3 is 10.4 Å². The van der Waals surface area contributed by atoms with E-state index in [1.165, 1.54) is 30.4 Å². The molecule has 0 bridgehead atoms. The minimum Gasteiger partial charge on any atom is -0.382 e. The van der Waals surface area contributed by atoms with Crippen LogP contribution in [0.15, 0.2) is 60.7 Å². The number of amides is 1. The van der Waals surface area contributed by atoms with Crippen LogP contribution in [0.5, 0.6) is 0 Å². The van der Waals surface area contributed by atoms with E-state index >= 15 is 0 Å². The minimum absolute atomic E-state index is 0.181. The predicted molar refractivity (Wildman–Crippen MR) is 115 cm³/mol. The maximum atomic E-state index is 12.7. The van der Waals surface area contributed by atoms with Crippen molar-refractivity contribution in [3.05, 3.63) is 71.8 Å². The Morgan fingerprint density at radius 2 is 1.48 bits per heavy atom. The van der Waals surface area contributed by atoms with Gasteiger partial charge >= 0.3 is 0 Å². The Bertz CT molecular complexity index is 730. The molecule has 0 unspecified atom stereocenters. The average molecular weight is 393 g/mol. The first-order valence-corrected chi connectivity index (χ1v) is 11.0. The van der Waals surface area contributed by atoms with Crippen LogP contribution in [0.4, 0.5) is 0 Å². The monoisotopic (exact) mass is 392 g/mol. The fourth-order valence-electron chi connectivity index (χ4n) is 4.16. The second kappa shape index (κ2) is 9.55. The zero-order valence-corrected chi connectivity index (χ0v) is 17.0. The standard InChI is InChI=1S/C25H32N2O2/c28-24(25(29)26-22-14-15-22)23(16-19-12-7-13-19)27(17-20-8-3-1-4-9-20)18-21-10-5-2-6-11-21/h1-6,8-11,19,22-24,28H,7,12-18H2,(H,26,29)/t23-,24-/m0/s1. The fourth-order valence-corrected chi connectivity index (χ4v) is 4.16. The Morgan fingerprint density at radius 1 is 0.931 bits per heavy atom. The van der Waals surface area contributed by atoms with Gasteiger partial charge in [-0.05, 0) is 36.3 Å². The second-order valence-corrected chi connectivity index (χ2v) is 8.70. The number of rotatable bonds is 10. The molecule has 0 aliphatic heterocycles. The SMILES string of the molecule is O=C(NC1CC1)[C@@H](O)[C@H](CC1CCC1)N(Cc1ccccc1)Cc1ccccc1. The predicted octanol–water partition coefficient (Wildman–Crippen LogP) is 3.89. The third-order valence-electron chi connectivity index (χ3n) is 6.28. The smallest absolute Gasteiger partial charge is 0.250 e. The Balaban J connectivity index is 1.56. The summed E-state index contributed by atoms with van der Waals surface area (Å²) in [6, 6.07) is 20.8. The number of carbonyl (C=O) groups is 1. The van der Waals surface area contributed by atoms with Gasteiger partial charge in [-0.25, -0.2) is 0 Å². The summed E-state index contributed by atoms with van der Waals surface area (Å²) in [5.74, 6) is 0.403. The van der Waals surface area contributed by atoms with Crippen LogP contribution in [0.25, 0.3) is 0 Å². The fraction of sp³-hybridized carbons (Fsp3) is 0.480. The summed E-state index contributed by atoms with van der Waals surface area (Å²) >= 11 is 0. The summed E-state index contributed by atoms with van der Waals surface area (Å²) in [4.78, 5) is 15.0. The van der Waals surface area contributed by atoms with Crippen molar-refractivity contribution in [2.24, 2.45) is 5.92 Å². The molecule has 4 heteroatoms. The van der Waals surface area contributed by atoms with Crippen molar-refractivity contribution in [3.8, 4) is 0 Å². The van der Waals surface area contributed by atoms with Gasteiger partial charge in [-0.1, -0.05) is 79.9 Å². The van der Waals surface area contributed by atoms with E-state index < -0.39 is 6.10 Å². The van der Waals surface area contributed by atoms with E-state index in [9.17, 15) is 9.90 Å². The van der Waals surface area contributed by atoms with Crippen LogP contribution in [0.1, 0.15) is 49.7 Å². The van der Waals surface area contributed by atoms with Crippen LogP contribution >= 0.6 is 0 Å². The molecule has 2 aliphatic rings. The average Bonchev–Trinajstić information content (AvgIpc) is 3.52. The van der Waals surface area contributed by atoms with Crippen LogP contribution in [0.2, 0.25) is 0 Å². The van der Waals surface area contributed by atoms with Crippen molar-refractivity contribution in [2.45, 2.75) is 69.8 Å². The van der Waals surface area contributed by atoms with Gasteiger partial charge in [0, 0.05) is 25.2 Å². The van der Waals surface area contributed by atoms with Crippen LogP contribution in [-0.4, -0.2) is 34.1 Å². The second-order valence-electron chi connectivity index (χ2n) is 8.70. The van der Waals surface area contributed by atoms with E-state index in [0.29, 0.717) is 5.92 Å². The Labute approximate surface area is 173 Å². The van der Waals surface area contributed by atoms with Crippen LogP contribution in [-0.2, 0) is 17.9 Å². The van der Waals surface area contributed by atoms with Gasteiger partial charge in [0.15, 0.2) is 0 Å². The number of nitrogens with one attached hydrogen (secondary N) is 1. The molecule has 0 saturated heterocycles. The zero-order chi connectivity index (χ0) is 20.1. The van der Waals surface area contributed by atoms with E-state index in [-0.39, 0.29) is 18.0 Å². The molecule has 0 aromatic heterocycles. The molecular formula is C25H32N2O2. The van der Waals surface area contributed by atoms with Crippen molar-refractivity contribution < 1.29 is 9.90 Å². The molecule has 2 saturated carbocycles. The molecule has 29 heavy (non-hydrogen) atoms. The highest BCUT2D eigenvalue weighted by molar-refractivity contribution is 5.81. The van der Waals surface area contributed by atoms with Crippen LogP contribution in [0.3, 0.4) is 0 Å². The van der Waals surface area contributed by atoms with E-state index in [1.54, 1.807) is 0 Å². The van der Waals surface area contributed by atoms with Crippen molar-refractivity contribution in [3.63, 3.8) is 0 Å². The summed E-state index contributed by atoms with van der Waals surface area (Å²) in [6.07, 6.45) is 5.62. The number of hydrogen-bond donors (Lipinski definition) is 2. The van der Waals surface area contributed by atoms with Gasteiger partial charge in [0.25, 0.3) is 5.91 Å². The normalized spacial score (nSPS) is 18.8. The van der Waals surface area contributed by atoms with Crippen molar-refractivity contribution in [1.82, 2.24) is 10.2 Å². The summed E-state index contributed by atoms with van der Waals surface area (Å²) in [7, 11) is 0. The minimum atomic E-state index is -0.997. The first-order chi connectivity index (χ1) is 14.2. The van der Waals surface area contributed by atoms with E-state index in [2.05, 4.69) is 34.5 Å². The quantitative estimate of drug-likeness (QED) is 0.645. The van der Waals surface area contributed by atoms with Crippen molar-refractivity contribution in [1.29, 1.82) is 0 Å². The maximum absolute atomic E-state index is 12.7. The summed E-state index contributed by atoms with van der Waals surface area (Å²) in [6.45, 7) is 1.45. The summed E-state index contributed by atoms with van der Waals surface area (Å²) < 4.78 is 0. The highest BCUT2D eigenvalue weighted by Crippen LogP contribution is 2.33. The Morgan fingerprint density at radius 3 is 1.93 bits per heavy atom. The molecule has 4 nitrogen and oxygen atoms in total. The molecule has 2 atom stereocenters. The van der Waals surface area contributed by atoms with Gasteiger partial charge in [-0.15, -0.1) is 0 Å². The summed E-state index contributed by atoms with van der Waals surface area (Å²) in [5, 5.41) is 14.1. The topological polar surface area (TPSA) is 52.6 Å². The highest BCUT2D eigenvalue weighted by atomic mass is 16.3. The number of aliphatic hydroxyl groups is 1. The maximum Gasteiger partial charge on any atom is 0.250 e. The molecule has 2 aliphatic carbocycles. The largest absolute Gasteiger partial charge is 0.382 e. The van der Waals surface area contributed by atoms with E-state index in [4.69, 9.17) is 0 Å². The lowest BCUT2D eigenvalue weighted by molar-refractivity contribution is -0.134. The lowest BCUT2D eigenvalue weighted by Gasteiger charge is -2.39. The van der Waals surface area contributed by atoms with Gasteiger partial charge in [0.1, 0.15) is 6.10 Å². The third-order valence-corrected chi connectivity index (χ3v) is 6.28. The van der Waals surface area contributed by atoms with Crippen molar-refractivity contribution in [2.75, 3.05) is 0 Å². The number of hydrogen-bond acceptors (Lipinski definition) is 3. The molecule has 154 valence electrons. The van der Waals surface area contributed by atoms with Gasteiger partial charge in [-0.2, -0.15) is 0 Å². The van der Waals surface area contributed by atoms with E-state index in [0.717, 1.165) is 32.4 Å². The highest BCUT2D eigenvalue weighted by Gasteiger charge is 2.36. The molecular weight excluding hydrogens is 360 g/mol. The number of nitrogens with zero attached hydrogens (tertiary/aromatic N) is 1. The molecule has 2 N–H and O–H groups in total. The Hall–Kier alpha value is -2.17. The molecule has 4 rings (SSSR count). The lowest BCUT2D eigenvalue weighted by atomic mass is 9.79. The van der Waals surface area contributed by atoms with Crippen LogP contribution in [0, 0.1) is 5.92 Å². The van der Waals surface area contributed by atoms with Gasteiger partial charge in [-0.3, -0.25) is 9.69 Å². The number of carbonyl (C=O) groups excluding carboxylic acids is 1. The molecule has 2 aromatic rings. The first kappa shape index (κ1) is 20.1. The molecule has 0 spiro atoms. The van der Waals surface area contributed by atoms with Crippen molar-refractivity contribution >= 4 is 5.91 Å². The molecule has 0 radical (unpaired) electrons. The number of aliphatic hydroxyl groups excluding tert-OH is 1. The molecule has 2 fully saturated rings. The zero-order valence-electron chi connectivity index (χ0n) is 17.0. The number of benzene rings is 2. The Kier molecular flexibility index (Phi) is 6.63. The van der Waals surface area contributed by atoms with E-state index in [1.807, 2.05) is 36.4 Å². The van der Waals surface area contributed by atoms with Crippen LogP contribution < -0.4 is 5.32 Å². The molecule has 1 amide bonds. The lowest BCUT2D eigenvalue weighted by Crippen LogP contribution is -2.51. The first-order valence-electron chi connectivity index (χ1n) is 11.0.